The summed E-state index contributed by atoms with van der Waals surface area (Å²) in [7, 11) is 0. The van der Waals surface area contributed by atoms with Crippen molar-refractivity contribution in [2.24, 2.45) is 0 Å². The largest absolute Gasteiger partial charge is 0.322 e. The van der Waals surface area contributed by atoms with Gasteiger partial charge in [0.05, 0.1) is 6.04 Å². The normalized spacial score (nSPS) is 22.6. The third-order valence-electron chi connectivity index (χ3n) is 3.73. The molecule has 1 saturated heterocycles. The van der Waals surface area contributed by atoms with Crippen molar-refractivity contribution >= 4 is 17.7 Å². The van der Waals surface area contributed by atoms with E-state index in [1.165, 1.54) is 10.5 Å². The average Bonchev–Trinajstić information content (AvgIpc) is 2.78. The lowest BCUT2D eigenvalue weighted by Gasteiger charge is -2.24. The maximum atomic E-state index is 12.5. The Morgan fingerprint density at radius 1 is 1.20 bits per heavy atom. The van der Waals surface area contributed by atoms with Crippen LogP contribution in [-0.4, -0.2) is 29.6 Å². The fourth-order valence-electron chi connectivity index (χ4n) is 2.72. The van der Waals surface area contributed by atoms with Crippen LogP contribution in [0.25, 0.3) is 0 Å². The minimum absolute atomic E-state index is 0.0169. The van der Waals surface area contributed by atoms with Crippen molar-refractivity contribution < 1.29 is 4.79 Å². The lowest BCUT2D eigenvalue weighted by atomic mass is 10.1. The SMILES string of the molecule is CCCC1NC(c2ccc(SC)cc2)N(CCC)C1=O. The lowest BCUT2D eigenvalue weighted by molar-refractivity contribution is -0.130. The molecule has 1 fully saturated rings. The van der Waals surface area contributed by atoms with Gasteiger partial charge in [-0.3, -0.25) is 10.1 Å². The van der Waals surface area contributed by atoms with Gasteiger partial charge in [0.15, 0.2) is 0 Å². The molecule has 20 heavy (non-hydrogen) atoms. The first-order valence-corrected chi connectivity index (χ1v) is 8.64. The average molecular weight is 292 g/mol. The quantitative estimate of drug-likeness (QED) is 0.815. The van der Waals surface area contributed by atoms with Crippen molar-refractivity contribution in [3.8, 4) is 0 Å². The molecule has 0 aromatic heterocycles. The molecule has 2 atom stereocenters. The maximum Gasteiger partial charge on any atom is 0.241 e. The molecule has 0 spiro atoms. The van der Waals surface area contributed by atoms with E-state index in [9.17, 15) is 4.79 Å². The zero-order valence-corrected chi connectivity index (χ0v) is 13.4. The van der Waals surface area contributed by atoms with Gasteiger partial charge in [-0.15, -0.1) is 11.8 Å². The van der Waals surface area contributed by atoms with Crippen molar-refractivity contribution in [2.75, 3.05) is 12.8 Å². The fourth-order valence-corrected chi connectivity index (χ4v) is 3.13. The van der Waals surface area contributed by atoms with Crippen LogP contribution in [0.2, 0.25) is 0 Å². The van der Waals surface area contributed by atoms with Crippen LogP contribution in [0.4, 0.5) is 0 Å². The number of hydrogen-bond acceptors (Lipinski definition) is 3. The van der Waals surface area contributed by atoms with Crippen LogP contribution in [0.3, 0.4) is 0 Å². The van der Waals surface area contributed by atoms with Crippen molar-refractivity contribution in [1.29, 1.82) is 0 Å². The van der Waals surface area contributed by atoms with E-state index in [-0.39, 0.29) is 18.1 Å². The van der Waals surface area contributed by atoms with Crippen molar-refractivity contribution in [3.05, 3.63) is 29.8 Å². The van der Waals surface area contributed by atoms with Crippen LogP contribution in [0, 0.1) is 0 Å². The number of nitrogens with zero attached hydrogens (tertiary/aromatic N) is 1. The molecule has 3 nitrogen and oxygen atoms in total. The highest BCUT2D eigenvalue weighted by atomic mass is 32.2. The standard InChI is InChI=1S/C16H24N2OS/c1-4-6-14-16(19)18(11-5-2)15(17-14)12-7-9-13(20-3)10-8-12/h7-10,14-15,17H,4-6,11H2,1-3H3. The minimum atomic E-state index is -0.0169. The van der Waals surface area contributed by atoms with Gasteiger partial charge in [-0.2, -0.15) is 0 Å². The van der Waals surface area contributed by atoms with E-state index in [4.69, 9.17) is 0 Å². The third-order valence-corrected chi connectivity index (χ3v) is 4.47. The van der Waals surface area contributed by atoms with Crippen LogP contribution >= 0.6 is 11.8 Å². The number of hydrogen-bond donors (Lipinski definition) is 1. The topological polar surface area (TPSA) is 32.3 Å². The Kier molecular flexibility index (Phi) is 5.49. The molecule has 110 valence electrons. The first-order chi connectivity index (χ1) is 9.71. The second-order valence-corrected chi connectivity index (χ2v) is 6.09. The van der Waals surface area contributed by atoms with Gasteiger partial charge >= 0.3 is 0 Å². The Hall–Kier alpha value is -1.00. The Bertz CT molecular complexity index is 446. The van der Waals surface area contributed by atoms with E-state index in [0.717, 1.165) is 25.8 Å². The molecule has 1 aliphatic rings. The first kappa shape index (κ1) is 15.4. The monoisotopic (exact) mass is 292 g/mol. The van der Waals surface area contributed by atoms with E-state index >= 15 is 0 Å². The highest BCUT2D eigenvalue weighted by molar-refractivity contribution is 7.98. The van der Waals surface area contributed by atoms with E-state index in [1.807, 2.05) is 4.90 Å². The molecule has 0 bridgehead atoms. The van der Waals surface area contributed by atoms with Crippen molar-refractivity contribution in [1.82, 2.24) is 10.2 Å². The van der Waals surface area contributed by atoms with E-state index < -0.39 is 0 Å². The van der Waals surface area contributed by atoms with Gasteiger partial charge in [0.2, 0.25) is 5.91 Å². The Morgan fingerprint density at radius 2 is 1.90 bits per heavy atom. The van der Waals surface area contributed by atoms with Gasteiger partial charge < -0.3 is 4.90 Å². The van der Waals surface area contributed by atoms with Gasteiger partial charge in [-0.05, 0) is 36.8 Å². The number of carbonyl (C=O) groups is 1. The van der Waals surface area contributed by atoms with Crippen LogP contribution in [0.5, 0.6) is 0 Å². The van der Waals surface area contributed by atoms with Crippen LogP contribution in [0.15, 0.2) is 29.2 Å². The number of carbonyl (C=O) groups excluding carboxylic acids is 1. The van der Waals surface area contributed by atoms with Crippen LogP contribution < -0.4 is 5.32 Å². The second-order valence-electron chi connectivity index (χ2n) is 5.22. The number of rotatable bonds is 6. The predicted octanol–water partition coefficient (Wildman–Crippen LogP) is 3.42. The van der Waals surface area contributed by atoms with Crippen LogP contribution in [-0.2, 0) is 4.79 Å². The molecule has 4 heteroatoms. The summed E-state index contributed by atoms with van der Waals surface area (Å²) in [4.78, 5) is 15.7. The van der Waals surface area contributed by atoms with Gasteiger partial charge in [0.1, 0.15) is 6.17 Å². The summed E-state index contributed by atoms with van der Waals surface area (Å²) in [6, 6.07) is 8.51. The summed E-state index contributed by atoms with van der Waals surface area (Å²) in [5, 5.41) is 3.50. The Labute approximate surface area is 126 Å². The molecular formula is C16H24N2OS. The summed E-state index contributed by atoms with van der Waals surface area (Å²) in [6.07, 6.45) is 5.05. The molecule has 1 aromatic carbocycles. The molecule has 2 unspecified atom stereocenters. The predicted molar refractivity (Wildman–Crippen MR) is 84.8 cm³/mol. The highest BCUT2D eigenvalue weighted by Gasteiger charge is 2.38. The third kappa shape index (κ3) is 3.18. The summed E-state index contributed by atoms with van der Waals surface area (Å²) in [5.74, 6) is 0.257. The summed E-state index contributed by atoms with van der Waals surface area (Å²) < 4.78 is 0. The fraction of sp³-hybridized carbons (Fsp3) is 0.562. The molecule has 1 aromatic rings. The lowest BCUT2D eigenvalue weighted by Crippen LogP contribution is -2.31. The molecule has 0 radical (unpaired) electrons. The molecule has 1 heterocycles. The van der Waals surface area contributed by atoms with E-state index in [1.54, 1.807) is 11.8 Å². The molecule has 2 rings (SSSR count). The molecule has 1 amide bonds. The molecule has 1 N–H and O–H groups in total. The number of nitrogens with one attached hydrogen (secondary N) is 1. The Morgan fingerprint density at radius 3 is 2.45 bits per heavy atom. The maximum absolute atomic E-state index is 12.5. The van der Waals surface area contributed by atoms with Gasteiger partial charge in [0, 0.05) is 11.4 Å². The van der Waals surface area contributed by atoms with Crippen molar-refractivity contribution in [3.63, 3.8) is 0 Å². The van der Waals surface area contributed by atoms with Crippen LogP contribution in [0.1, 0.15) is 44.8 Å². The van der Waals surface area contributed by atoms with Crippen molar-refractivity contribution in [2.45, 2.75) is 50.2 Å². The summed E-state index contributed by atoms with van der Waals surface area (Å²) in [5.41, 5.74) is 1.18. The Balaban J connectivity index is 2.20. The highest BCUT2D eigenvalue weighted by Crippen LogP contribution is 2.28. The zero-order valence-electron chi connectivity index (χ0n) is 12.6. The summed E-state index contributed by atoms with van der Waals surface area (Å²) in [6.45, 7) is 5.06. The number of amides is 1. The second kappa shape index (κ2) is 7.14. The first-order valence-electron chi connectivity index (χ1n) is 7.41. The number of thioether (sulfide) groups is 1. The zero-order chi connectivity index (χ0) is 14.5. The molecule has 1 aliphatic heterocycles. The van der Waals surface area contributed by atoms with E-state index in [2.05, 4.69) is 49.7 Å². The molecule has 0 saturated carbocycles. The smallest absolute Gasteiger partial charge is 0.241 e. The summed E-state index contributed by atoms with van der Waals surface area (Å²) >= 11 is 1.74. The molecular weight excluding hydrogens is 268 g/mol. The number of benzene rings is 1. The van der Waals surface area contributed by atoms with E-state index in [0.29, 0.717) is 0 Å². The molecule has 0 aliphatic carbocycles. The van der Waals surface area contributed by atoms with Gasteiger partial charge in [-0.25, -0.2) is 0 Å². The van der Waals surface area contributed by atoms with Gasteiger partial charge in [-0.1, -0.05) is 32.4 Å². The van der Waals surface area contributed by atoms with Gasteiger partial charge in [0.25, 0.3) is 0 Å². The minimum Gasteiger partial charge on any atom is -0.322 e.